The van der Waals surface area contributed by atoms with E-state index in [2.05, 4.69) is 5.32 Å². The molecule has 0 bridgehead atoms. The number of halogens is 2. The molecule has 0 atom stereocenters. The quantitative estimate of drug-likeness (QED) is 0.868. The van der Waals surface area contributed by atoms with Crippen molar-refractivity contribution in [1.82, 2.24) is 5.32 Å². The molecule has 1 amide bonds. The van der Waals surface area contributed by atoms with Gasteiger partial charge in [-0.3, -0.25) is 4.79 Å². The monoisotopic (exact) mass is 247 g/mol. The lowest BCUT2D eigenvalue weighted by Crippen LogP contribution is -2.17. The molecular formula is C14H11F2NO. The second-order valence-corrected chi connectivity index (χ2v) is 3.81. The summed E-state index contributed by atoms with van der Waals surface area (Å²) in [5.74, 6) is -1.45. The van der Waals surface area contributed by atoms with Crippen molar-refractivity contribution in [3.05, 3.63) is 59.7 Å². The summed E-state index contributed by atoms with van der Waals surface area (Å²) in [5.41, 5.74) is 1.59. The van der Waals surface area contributed by atoms with Crippen LogP contribution in [0.25, 0.3) is 11.1 Å². The van der Waals surface area contributed by atoms with Crippen LogP contribution in [-0.4, -0.2) is 13.0 Å². The Balaban J connectivity index is 2.37. The Morgan fingerprint density at radius 3 is 2.00 bits per heavy atom. The molecule has 0 fully saturated rings. The first-order chi connectivity index (χ1) is 8.60. The molecule has 0 unspecified atom stereocenters. The number of amides is 1. The topological polar surface area (TPSA) is 29.1 Å². The number of benzene rings is 2. The molecule has 0 aliphatic carbocycles. The summed E-state index contributed by atoms with van der Waals surface area (Å²) in [4.78, 5) is 11.3. The Morgan fingerprint density at radius 1 is 0.944 bits per heavy atom. The molecular weight excluding hydrogens is 236 g/mol. The largest absolute Gasteiger partial charge is 0.355 e. The summed E-state index contributed by atoms with van der Waals surface area (Å²) < 4.78 is 26.1. The van der Waals surface area contributed by atoms with Crippen molar-refractivity contribution in [2.45, 2.75) is 0 Å². The maximum Gasteiger partial charge on any atom is 0.251 e. The molecule has 0 aliphatic heterocycles. The third-order valence-electron chi connectivity index (χ3n) is 2.57. The van der Waals surface area contributed by atoms with Crippen LogP contribution in [0.1, 0.15) is 10.4 Å². The van der Waals surface area contributed by atoms with Crippen molar-refractivity contribution in [3.8, 4) is 11.1 Å². The molecule has 0 heterocycles. The first-order valence-electron chi connectivity index (χ1n) is 5.39. The minimum absolute atomic E-state index is 0.202. The van der Waals surface area contributed by atoms with E-state index in [1.165, 1.54) is 19.2 Å². The fourth-order valence-corrected chi connectivity index (χ4v) is 1.68. The van der Waals surface area contributed by atoms with Gasteiger partial charge in [0.25, 0.3) is 5.91 Å². The lowest BCUT2D eigenvalue weighted by atomic mass is 10.0. The summed E-state index contributed by atoms with van der Waals surface area (Å²) >= 11 is 0. The van der Waals surface area contributed by atoms with Crippen LogP contribution >= 0.6 is 0 Å². The molecule has 4 heteroatoms. The standard InChI is InChI=1S/C14H11F2NO/c1-17-14(18)10-4-2-9(3-5-10)11-6-12(15)8-13(16)7-11/h2-8H,1H3,(H,17,18). The van der Waals surface area contributed by atoms with E-state index in [1.807, 2.05) is 0 Å². The van der Waals surface area contributed by atoms with E-state index in [-0.39, 0.29) is 5.91 Å². The van der Waals surface area contributed by atoms with Gasteiger partial charge in [-0.1, -0.05) is 12.1 Å². The van der Waals surface area contributed by atoms with Crippen molar-refractivity contribution < 1.29 is 13.6 Å². The molecule has 0 radical (unpaired) electrons. The van der Waals surface area contributed by atoms with E-state index in [1.54, 1.807) is 24.3 Å². The SMILES string of the molecule is CNC(=O)c1ccc(-c2cc(F)cc(F)c2)cc1. The lowest BCUT2D eigenvalue weighted by molar-refractivity contribution is 0.0963. The number of hydrogen-bond acceptors (Lipinski definition) is 1. The van der Waals surface area contributed by atoms with E-state index >= 15 is 0 Å². The predicted octanol–water partition coefficient (Wildman–Crippen LogP) is 2.99. The lowest BCUT2D eigenvalue weighted by Gasteiger charge is -2.04. The van der Waals surface area contributed by atoms with Crippen molar-refractivity contribution in [2.75, 3.05) is 7.05 Å². The number of nitrogens with one attached hydrogen (secondary N) is 1. The van der Waals surface area contributed by atoms with Gasteiger partial charge in [0.2, 0.25) is 0 Å². The highest BCUT2D eigenvalue weighted by atomic mass is 19.1. The molecule has 0 saturated heterocycles. The Hall–Kier alpha value is -2.23. The minimum atomic E-state index is -0.625. The molecule has 2 aromatic rings. The summed E-state index contributed by atoms with van der Waals surface area (Å²) in [6.07, 6.45) is 0. The van der Waals surface area contributed by atoms with Crippen LogP contribution in [0.5, 0.6) is 0 Å². The summed E-state index contributed by atoms with van der Waals surface area (Å²) in [6.45, 7) is 0. The fraction of sp³-hybridized carbons (Fsp3) is 0.0714. The average Bonchev–Trinajstić information content (AvgIpc) is 2.37. The van der Waals surface area contributed by atoms with Gasteiger partial charge in [-0.15, -0.1) is 0 Å². The van der Waals surface area contributed by atoms with Crippen LogP contribution in [-0.2, 0) is 0 Å². The van der Waals surface area contributed by atoms with Crippen molar-refractivity contribution in [2.24, 2.45) is 0 Å². The molecule has 2 aromatic carbocycles. The summed E-state index contributed by atoms with van der Waals surface area (Å²) in [5, 5.41) is 2.50. The first-order valence-corrected chi connectivity index (χ1v) is 5.39. The minimum Gasteiger partial charge on any atom is -0.355 e. The molecule has 0 spiro atoms. The molecule has 0 aromatic heterocycles. The van der Waals surface area contributed by atoms with Gasteiger partial charge in [-0.25, -0.2) is 8.78 Å². The number of carbonyl (C=O) groups excluding carboxylic acids is 1. The summed E-state index contributed by atoms with van der Waals surface area (Å²) in [7, 11) is 1.54. The van der Waals surface area contributed by atoms with E-state index < -0.39 is 11.6 Å². The highest BCUT2D eigenvalue weighted by Crippen LogP contribution is 2.22. The maximum atomic E-state index is 13.1. The van der Waals surface area contributed by atoms with Gasteiger partial charge in [0.05, 0.1) is 0 Å². The smallest absolute Gasteiger partial charge is 0.251 e. The molecule has 0 saturated carbocycles. The van der Waals surface area contributed by atoms with Gasteiger partial charge in [0, 0.05) is 18.7 Å². The highest BCUT2D eigenvalue weighted by molar-refractivity contribution is 5.94. The predicted molar refractivity (Wildman–Crippen MR) is 65.2 cm³/mol. The summed E-state index contributed by atoms with van der Waals surface area (Å²) in [6, 6.07) is 9.84. The van der Waals surface area contributed by atoms with Crippen LogP contribution in [0.2, 0.25) is 0 Å². The van der Waals surface area contributed by atoms with Gasteiger partial charge in [0.15, 0.2) is 0 Å². The third-order valence-corrected chi connectivity index (χ3v) is 2.57. The van der Waals surface area contributed by atoms with Gasteiger partial charge < -0.3 is 5.32 Å². The van der Waals surface area contributed by atoms with Crippen molar-refractivity contribution >= 4 is 5.91 Å². The Labute approximate surface area is 103 Å². The zero-order valence-electron chi connectivity index (χ0n) is 9.71. The molecule has 2 nitrogen and oxygen atoms in total. The third kappa shape index (κ3) is 2.53. The number of carbonyl (C=O) groups is 1. The normalized spacial score (nSPS) is 10.2. The maximum absolute atomic E-state index is 13.1. The molecule has 0 aliphatic rings. The molecule has 2 rings (SSSR count). The van der Waals surface area contributed by atoms with Gasteiger partial charge in [-0.2, -0.15) is 0 Å². The number of rotatable bonds is 2. The van der Waals surface area contributed by atoms with Crippen molar-refractivity contribution in [1.29, 1.82) is 0 Å². The first kappa shape index (κ1) is 12.2. The highest BCUT2D eigenvalue weighted by Gasteiger charge is 2.05. The Morgan fingerprint density at radius 2 is 1.50 bits per heavy atom. The van der Waals surface area contributed by atoms with Gasteiger partial charge in [-0.05, 0) is 35.4 Å². The van der Waals surface area contributed by atoms with E-state index in [0.717, 1.165) is 6.07 Å². The van der Waals surface area contributed by atoms with Crippen LogP contribution < -0.4 is 5.32 Å². The second kappa shape index (κ2) is 4.96. The van der Waals surface area contributed by atoms with Gasteiger partial charge >= 0.3 is 0 Å². The van der Waals surface area contributed by atoms with Crippen LogP contribution in [0, 0.1) is 11.6 Å². The second-order valence-electron chi connectivity index (χ2n) is 3.81. The van der Waals surface area contributed by atoms with E-state index in [4.69, 9.17) is 0 Å². The van der Waals surface area contributed by atoms with Crippen LogP contribution in [0.4, 0.5) is 8.78 Å². The fourth-order valence-electron chi connectivity index (χ4n) is 1.68. The Bertz CT molecular complexity index is 559. The Kier molecular flexibility index (Phi) is 3.37. The average molecular weight is 247 g/mol. The van der Waals surface area contributed by atoms with Gasteiger partial charge in [0.1, 0.15) is 11.6 Å². The number of hydrogen-bond donors (Lipinski definition) is 1. The van der Waals surface area contributed by atoms with E-state index in [9.17, 15) is 13.6 Å². The van der Waals surface area contributed by atoms with Crippen LogP contribution in [0.3, 0.4) is 0 Å². The zero-order valence-corrected chi connectivity index (χ0v) is 9.71. The zero-order chi connectivity index (χ0) is 13.1. The van der Waals surface area contributed by atoms with Crippen molar-refractivity contribution in [3.63, 3.8) is 0 Å². The molecule has 1 N–H and O–H groups in total. The molecule has 92 valence electrons. The van der Waals surface area contributed by atoms with Crippen LogP contribution in [0.15, 0.2) is 42.5 Å². The molecule has 18 heavy (non-hydrogen) atoms. The van der Waals surface area contributed by atoms with E-state index in [0.29, 0.717) is 16.7 Å².